The molecule has 4 rings (SSSR count). The number of aromatic nitrogens is 2. The number of nitrogens with zero attached hydrogens (tertiary/aromatic N) is 3. The predicted octanol–water partition coefficient (Wildman–Crippen LogP) is 2.06. The van der Waals surface area contributed by atoms with Crippen LogP contribution in [0.1, 0.15) is 30.6 Å². The maximum absolute atomic E-state index is 4.62. The van der Waals surface area contributed by atoms with Gasteiger partial charge in [-0.2, -0.15) is 5.10 Å². The van der Waals surface area contributed by atoms with Crippen molar-refractivity contribution in [3.05, 3.63) is 53.2 Å². The zero-order valence-electron chi connectivity index (χ0n) is 12.1. The van der Waals surface area contributed by atoms with E-state index in [1.54, 1.807) is 0 Å². The maximum Gasteiger partial charge on any atom is 0.0941 e. The second-order valence-electron chi connectivity index (χ2n) is 5.74. The normalized spacial score (nSPS) is 27.6. The number of rotatable bonds is 1. The highest BCUT2D eigenvalue weighted by molar-refractivity contribution is 5.66. The molecule has 2 unspecified atom stereocenters. The maximum atomic E-state index is 4.62. The average Bonchev–Trinajstić information content (AvgIpc) is 2.91. The first-order valence-corrected chi connectivity index (χ1v) is 7.49. The van der Waals surface area contributed by atoms with Gasteiger partial charge in [0, 0.05) is 35.6 Å². The largest absolute Gasteiger partial charge is 0.305 e. The van der Waals surface area contributed by atoms with Crippen molar-refractivity contribution in [2.45, 2.75) is 31.8 Å². The van der Waals surface area contributed by atoms with Gasteiger partial charge < -0.3 is 10.2 Å². The molecule has 5 nitrogen and oxygen atoms in total. The van der Waals surface area contributed by atoms with Gasteiger partial charge in [0.25, 0.3) is 0 Å². The van der Waals surface area contributed by atoms with Crippen LogP contribution in [-0.2, 0) is 6.42 Å². The van der Waals surface area contributed by atoms with Crippen molar-refractivity contribution in [3.8, 4) is 0 Å². The molecule has 1 aromatic rings. The van der Waals surface area contributed by atoms with Gasteiger partial charge in [-0.3, -0.25) is 10.1 Å². The Labute approximate surface area is 124 Å². The summed E-state index contributed by atoms with van der Waals surface area (Å²) in [6.07, 6.45) is 14.6. The van der Waals surface area contributed by atoms with Crippen molar-refractivity contribution in [3.63, 3.8) is 0 Å². The molecule has 0 saturated carbocycles. The van der Waals surface area contributed by atoms with Gasteiger partial charge in [0.05, 0.1) is 24.6 Å². The summed E-state index contributed by atoms with van der Waals surface area (Å²) >= 11 is 0. The summed E-state index contributed by atoms with van der Waals surface area (Å²) in [6, 6.07) is 0.502. The molecule has 3 aliphatic heterocycles. The molecular weight excluding hydrogens is 262 g/mol. The molecule has 5 heteroatoms. The number of allylic oxidation sites excluding steroid dienone is 3. The molecule has 21 heavy (non-hydrogen) atoms. The first-order valence-electron chi connectivity index (χ1n) is 7.49. The summed E-state index contributed by atoms with van der Waals surface area (Å²) in [5, 5.41) is 10.9. The smallest absolute Gasteiger partial charge is 0.0941 e. The van der Waals surface area contributed by atoms with Crippen molar-refractivity contribution in [2.75, 3.05) is 6.54 Å². The van der Waals surface area contributed by atoms with Crippen LogP contribution in [0.25, 0.3) is 0 Å². The van der Waals surface area contributed by atoms with Crippen LogP contribution in [0, 0.1) is 0 Å². The molecule has 0 spiro atoms. The van der Waals surface area contributed by atoms with Gasteiger partial charge in [-0.25, -0.2) is 0 Å². The van der Waals surface area contributed by atoms with Crippen LogP contribution in [0.2, 0.25) is 0 Å². The van der Waals surface area contributed by atoms with E-state index in [2.05, 4.69) is 56.6 Å². The molecule has 2 N–H and O–H groups in total. The summed E-state index contributed by atoms with van der Waals surface area (Å²) in [5.41, 5.74) is 4.90. The topological polar surface area (TPSA) is 56.3 Å². The number of aromatic amines is 1. The lowest BCUT2D eigenvalue weighted by atomic mass is 9.96. The zero-order chi connectivity index (χ0) is 14.2. The van der Waals surface area contributed by atoms with Crippen molar-refractivity contribution in [1.82, 2.24) is 20.4 Å². The summed E-state index contributed by atoms with van der Waals surface area (Å²) in [7, 11) is 0. The molecule has 0 amide bonds. The van der Waals surface area contributed by atoms with Crippen molar-refractivity contribution in [1.29, 1.82) is 0 Å². The van der Waals surface area contributed by atoms with E-state index in [1.165, 1.54) is 22.7 Å². The molecule has 0 radical (unpaired) electrons. The Morgan fingerprint density at radius 2 is 2.33 bits per heavy atom. The quantitative estimate of drug-likeness (QED) is 0.828. The number of aliphatic imine (C=N–C) groups is 1. The van der Waals surface area contributed by atoms with Crippen LogP contribution in [0.5, 0.6) is 0 Å². The van der Waals surface area contributed by atoms with Gasteiger partial charge in [0.2, 0.25) is 0 Å². The van der Waals surface area contributed by atoms with E-state index in [0.29, 0.717) is 6.04 Å². The number of H-pyrrole nitrogens is 1. The minimum absolute atomic E-state index is 0.167. The SMILES string of the molecule is CC1CC=C2C=CC=C(C3NCCc4[nH]ncc43)N2C=N1. The molecule has 0 aliphatic carbocycles. The lowest BCUT2D eigenvalue weighted by molar-refractivity contribution is 0.479. The van der Waals surface area contributed by atoms with Crippen molar-refractivity contribution in [2.24, 2.45) is 4.99 Å². The highest BCUT2D eigenvalue weighted by Gasteiger charge is 2.29. The molecule has 0 bridgehead atoms. The molecule has 4 heterocycles. The lowest BCUT2D eigenvalue weighted by Crippen LogP contribution is -2.36. The second-order valence-corrected chi connectivity index (χ2v) is 5.74. The van der Waals surface area contributed by atoms with Crippen LogP contribution in [0.15, 0.2) is 46.9 Å². The highest BCUT2D eigenvalue weighted by atomic mass is 15.2. The summed E-state index contributed by atoms with van der Waals surface area (Å²) in [6.45, 7) is 3.10. The van der Waals surface area contributed by atoms with Crippen molar-refractivity contribution >= 4 is 6.34 Å². The van der Waals surface area contributed by atoms with Gasteiger partial charge >= 0.3 is 0 Å². The third kappa shape index (κ3) is 2.14. The second kappa shape index (κ2) is 5.00. The van der Waals surface area contributed by atoms with Crippen LogP contribution < -0.4 is 5.32 Å². The Balaban J connectivity index is 1.74. The fourth-order valence-electron chi connectivity index (χ4n) is 3.11. The van der Waals surface area contributed by atoms with Crippen LogP contribution in [-0.4, -0.2) is 34.0 Å². The van der Waals surface area contributed by atoms with Gasteiger partial charge in [-0.05, 0) is 25.5 Å². The molecule has 2 atom stereocenters. The Bertz CT molecular complexity index is 664. The number of nitrogens with one attached hydrogen (secondary N) is 2. The van der Waals surface area contributed by atoms with Crippen LogP contribution >= 0.6 is 0 Å². The molecule has 0 fully saturated rings. The first kappa shape index (κ1) is 12.6. The molecular formula is C16H19N5. The fraction of sp³-hybridized carbons (Fsp3) is 0.375. The average molecular weight is 281 g/mol. The third-order valence-electron chi connectivity index (χ3n) is 4.28. The standard InChI is InChI=1S/C16H19N5/c1-11-5-6-12-3-2-4-15(21(12)10-18-11)16-13-9-19-20-14(13)7-8-17-16/h2-4,6,9-11,16-17H,5,7-8H2,1H3,(H,19,20). The van der Waals surface area contributed by atoms with E-state index in [0.717, 1.165) is 19.4 Å². The molecule has 0 saturated heterocycles. The molecule has 0 aromatic carbocycles. The summed E-state index contributed by atoms with van der Waals surface area (Å²) < 4.78 is 0. The van der Waals surface area contributed by atoms with Gasteiger partial charge in [0.1, 0.15) is 0 Å². The zero-order valence-corrected chi connectivity index (χ0v) is 12.1. The van der Waals surface area contributed by atoms with E-state index < -0.39 is 0 Å². The van der Waals surface area contributed by atoms with E-state index in [9.17, 15) is 0 Å². The monoisotopic (exact) mass is 281 g/mol. The summed E-state index contributed by atoms with van der Waals surface area (Å²) in [5.74, 6) is 0. The van der Waals surface area contributed by atoms with Gasteiger partial charge in [-0.1, -0.05) is 12.2 Å². The Kier molecular flexibility index (Phi) is 3.00. The third-order valence-corrected chi connectivity index (χ3v) is 4.28. The number of hydrogen-bond donors (Lipinski definition) is 2. The van der Waals surface area contributed by atoms with Crippen LogP contribution in [0.3, 0.4) is 0 Å². The molecule has 3 aliphatic rings. The Hall–Kier alpha value is -2.14. The molecule has 1 aromatic heterocycles. The molecule has 108 valence electrons. The van der Waals surface area contributed by atoms with Crippen molar-refractivity contribution < 1.29 is 0 Å². The Morgan fingerprint density at radius 1 is 1.38 bits per heavy atom. The fourth-order valence-corrected chi connectivity index (χ4v) is 3.11. The first-order chi connectivity index (χ1) is 10.3. The lowest BCUT2D eigenvalue weighted by Gasteiger charge is -2.34. The Morgan fingerprint density at radius 3 is 3.29 bits per heavy atom. The van der Waals surface area contributed by atoms with E-state index in [4.69, 9.17) is 0 Å². The van der Waals surface area contributed by atoms with Crippen LogP contribution in [0.4, 0.5) is 0 Å². The number of fused-ring (bicyclic) bond motifs is 2. The minimum atomic E-state index is 0.167. The van der Waals surface area contributed by atoms with E-state index in [-0.39, 0.29) is 6.04 Å². The predicted molar refractivity (Wildman–Crippen MR) is 82.8 cm³/mol. The van der Waals surface area contributed by atoms with Gasteiger partial charge in [0.15, 0.2) is 0 Å². The minimum Gasteiger partial charge on any atom is -0.305 e. The van der Waals surface area contributed by atoms with E-state index in [1.807, 2.05) is 12.5 Å². The van der Waals surface area contributed by atoms with E-state index >= 15 is 0 Å². The number of hydrogen-bond acceptors (Lipinski definition) is 4. The van der Waals surface area contributed by atoms with Gasteiger partial charge in [-0.15, -0.1) is 0 Å². The summed E-state index contributed by atoms with van der Waals surface area (Å²) in [4.78, 5) is 6.82. The highest BCUT2D eigenvalue weighted by Crippen LogP contribution is 2.33.